The maximum Gasteiger partial charge on any atom is 0.134 e. The van der Waals surface area contributed by atoms with E-state index in [1.54, 1.807) is 48.5 Å². The first-order chi connectivity index (χ1) is 18.3. The van der Waals surface area contributed by atoms with E-state index < -0.39 is 5.41 Å². The fourth-order valence-corrected chi connectivity index (χ4v) is 5.32. The van der Waals surface area contributed by atoms with E-state index in [0.29, 0.717) is 11.4 Å². The molecule has 4 N–H and O–H groups in total. The molecule has 190 valence electrons. The van der Waals surface area contributed by atoms with Gasteiger partial charge in [-0.25, -0.2) is 0 Å². The molecule has 0 saturated carbocycles. The topological polar surface area (TPSA) is 80.9 Å². The van der Waals surface area contributed by atoms with Crippen LogP contribution in [0.2, 0.25) is 10.0 Å². The van der Waals surface area contributed by atoms with Crippen molar-refractivity contribution in [2.75, 3.05) is 0 Å². The third kappa shape index (κ3) is 4.76. The van der Waals surface area contributed by atoms with Gasteiger partial charge < -0.3 is 20.4 Å². The fourth-order valence-electron chi connectivity index (χ4n) is 4.93. The molecule has 38 heavy (non-hydrogen) atoms. The van der Waals surface area contributed by atoms with E-state index in [1.165, 1.54) is 0 Å². The van der Waals surface area contributed by atoms with Crippen molar-refractivity contribution in [2.45, 2.75) is 11.8 Å². The predicted octanol–water partition coefficient (Wildman–Crippen LogP) is 7.79. The smallest absolute Gasteiger partial charge is 0.134 e. The minimum absolute atomic E-state index is 0.0244. The summed E-state index contributed by atoms with van der Waals surface area (Å²) in [6.07, 6.45) is 0.622. The fraction of sp³-hybridized carbons (Fsp3) is 0.0625. The Morgan fingerprint density at radius 1 is 0.447 bits per heavy atom. The van der Waals surface area contributed by atoms with Crippen molar-refractivity contribution in [3.8, 4) is 23.0 Å². The largest absolute Gasteiger partial charge is 0.508 e. The van der Waals surface area contributed by atoms with Crippen LogP contribution in [0, 0.1) is 0 Å². The zero-order chi connectivity index (χ0) is 26.9. The average molecular weight is 543 g/mol. The number of phenols is 4. The Balaban J connectivity index is 1.71. The molecule has 0 atom stereocenters. The third-order valence-corrected chi connectivity index (χ3v) is 7.39. The number of halogens is 2. The first-order valence-corrected chi connectivity index (χ1v) is 12.7. The van der Waals surface area contributed by atoms with Crippen LogP contribution in [0.1, 0.15) is 33.4 Å². The van der Waals surface area contributed by atoms with Gasteiger partial charge in [-0.05, 0) is 88.3 Å². The van der Waals surface area contributed by atoms with Crippen LogP contribution in [0.15, 0.2) is 109 Å². The Kier molecular flexibility index (Phi) is 6.94. The number of benzene rings is 5. The minimum atomic E-state index is -0.890. The molecule has 0 fully saturated rings. The molecule has 0 aromatic heterocycles. The molecular formula is C32H24Cl2O4. The van der Waals surface area contributed by atoms with E-state index in [0.717, 1.165) is 33.4 Å². The van der Waals surface area contributed by atoms with Crippen LogP contribution in [0.25, 0.3) is 0 Å². The molecule has 0 radical (unpaired) electrons. The van der Waals surface area contributed by atoms with Gasteiger partial charge in [0.05, 0.1) is 15.5 Å². The molecule has 6 heteroatoms. The molecule has 0 aliphatic heterocycles. The van der Waals surface area contributed by atoms with Gasteiger partial charge in [0.15, 0.2) is 0 Å². The highest BCUT2D eigenvalue weighted by atomic mass is 35.5. The number of phenolic OH excluding ortho intramolecular Hbond substituents is 4. The van der Waals surface area contributed by atoms with Gasteiger partial charge in [0.1, 0.15) is 23.0 Å². The molecule has 5 rings (SSSR count). The van der Waals surface area contributed by atoms with Crippen molar-refractivity contribution >= 4 is 23.2 Å². The predicted molar refractivity (Wildman–Crippen MR) is 151 cm³/mol. The van der Waals surface area contributed by atoms with Gasteiger partial charge in [0.25, 0.3) is 0 Å². The summed E-state index contributed by atoms with van der Waals surface area (Å²) < 4.78 is 0. The zero-order valence-corrected chi connectivity index (χ0v) is 21.7. The van der Waals surface area contributed by atoms with Crippen LogP contribution in [0.5, 0.6) is 23.0 Å². The van der Waals surface area contributed by atoms with E-state index in [4.69, 9.17) is 23.2 Å². The monoisotopic (exact) mass is 542 g/mol. The second-order valence-corrected chi connectivity index (χ2v) is 9.98. The highest BCUT2D eigenvalue weighted by molar-refractivity contribution is 6.32. The van der Waals surface area contributed by atoms with Crippen LogP contribution in [0.4, 0.5) is 0 Å². The van der Waals surface area contributed by atoms with Crippen LogP contribution in [-0.4, -0.2) is 20.4 Å². The summed E-state index contributed by atoms with van der Waals surface area (Å²) in [7, 11) is 0. The molecule has 0 aliphatic carbocycles. The molecule has 0 amide bonds. The highest BCUT2D eigenvalue weighted by Crippen LogP contribution is 2.47. The van der Waals surface area contributed by atoms with Gasteiger partial charge in [0.2, 0.25) is 0 Å². The Morgan fingerprint density at radius 3 is 1.32 bits per heavy atom. The number of rotatable bonds is 6. The lowest BCUT2D eigenvalue weighted by atomic mass is 9.65. The lowest BCUT2D eigenvalue weighted by molar-refractivity contribution is 0.474. The molecule has 0 saturated heterocycles. The first-order valence-electron chi connectivity index (χ1n) is 11.9. The van der Waals surface area contributed by atoms with Gasteiger partial charge in [-0.3, -0.25) is 0 Å². The standard InChI is InChI=1S/C32H24Cl2O4/c33-28-18-21(3-15-30(28)37)17-20-1-4-22(5-2-20)32(23-6-11-26(35)12-7-23,24-8-13-27(36)14-9-24)25-10-16-31(38)29(34)19-25/h1-16,18-19,35-38H,17H2. The normalized spacial score (nSPS) is 11.4. The van der Waals surface area contributed by atoms with E-state index >= 15 is 0 Å². The van der Waals surface area contributed by atoms with Crippen LogP contribution >= 0.6 is 23.2 Å². The van der Waals surface area contributed by atoms with Crippen LogP contribution < -0.4 is 0 Å². The molecule has 4 nitrogen and oxygen atoms in total. The molecule has 5 aromatic carbocycles. The Labute approximate surface area is 230 Å². The van der Waals surface area contributed by atoms with E-state index in [9.17, 15) is 20.4 Å². The molecular weight excluding hydrogens is 519 g/mol. The highest BCUT2D eigenvalue weighted by Gasteiger charge is 2.39. The summed E-state index contributed by atoms with van der Waals surface area (Å²) in [6.45, 7) is 0. The number of hydrogen-bond donors (Lipinski definition) is 4. The quantitative estimate of drug-likeness (QED) is 0.165. The molecule has 0 unspecified atom stereocenters. The molecule has 0 aliphatic rings. The summed E-state index contributed by atoms with van der Waals surface area (Å²) in [4.78, 5) is 0. The van der Waals surface area contributed by atoms with Crippen molar-refractivity contribution in [1.29, 1.82) is 0 Å². The van der Waals surface area contributed by atoms with Gasteiger partial charge in [0, 0.05) is 0 Å². The van der Waals surface area contributed by atoms with Crippen molar-refractivity contribution in [3.05, 3.63) is 153 Å². The third-order valence-electron chi connectivity index (χ3n) is 6.79. The summed E-state index contributed by atoms with van der Waals surface area (Å²) in [5.74, 6) is 0.301. The van der Waals surface area contributed by atoms with Crippen LogP contribution in [0.3, 0.4) is 0 Å². The number of hydrogen-bond acceptors (Lipinski definition) is 4. The molecule has 0 heterocycles. The van der Waals surface area contributed by atoms with Gasteiger partial charge in [-0.2, -0.15) is 0 Å². The SMILES string of the molecule is Oc1ccc(C(c2ccc(O)cc2)(c2ccc(Cc3ccc(O)c(Cl)c3)cc2)c2ccc(O)c(Cl)c2)cc1. The van der Waals surface area contributed by atoms with Crippen molar-refractivity contribution in [1.82, 2.24) is 0 Å². The second-order valence-electron chi connectivity index (χ2n) is 9.17. The summed E-state index contributed by atoms with van der Waals surface area (Å²) in [5, 5.41) is 40.6. The van der Waals surface area contributed by atoms with Crippen LogP contribution in [-0.2, 0) is 11.8 Å². The second kappa shape index (κ2) is 10.3. The van der Waals surface area contributed by atoms with Crippen molar-refractivity contribution in [3.63, 3.8) is 0 Å². The summed E-state index contributed by atoms with van der Waals surface area (Å²) in [6, 6.07) is 32.4. The van der Waals surface area contributed by atoms with Crippen molar-refractivity contribution < 1.29 is 20.4 Å². The minimum Gasteiger partial charge on any atom is -0.508 e. The van der Waals surface area contributed by atoms with Gasteiger partial charge in [-0.15, -0.1) is 0 Å². The Bertz CT molecular complexity index is 1530. The average Bonchev–Trinajstić information content (AvgIpc) is 2.91. The lowest BCUT2D eigenvalue weighted by Crippen LogP contribution is -2.31. The molecule has 0 bridgehead atoms. The Morgan fingerprint density at radius 2 is 0.842 bits per heavy atom. The van der Waals surface area contributed by atoms with E-state index in [2.05, 4.69) is 0 Å². The maximum absolute atomic E-state index is 10.2. The lowest BCUT2D eigenvalue weighted by Gasteiger charge is -2.37. The van der Waals surface area contributed by atoms with Gasteiger partial charge in [-0.1, -0.05) is 83.9 Å². The molecule has 5 aromatic rings. The number of aromatic hydroxyl groups is 4. The molecule has 0 spiro atoms. The van der Waals surface area contributed by atoms with Crippen molar-refractivity contribution in [2.24, 2.45) is 0 Å². The van der Waals surface area contributed by atoms with Gasteiger partial charge >= 0.3 is 0 Å². The maximum atomic E-state index is 10.2. The van der Waals surface area contributed by atoms with E-state index in [1.807, 2.05) is 60.7 Å². The summed E-state index contributed by atoms with van der Waals surface area (Å²) in [5.41, 5.74) is 4.57. The first kappa shape index (κ1) is 25.5. The summed E-state index contributed by atoms with van der Waals surface area (Å²) >= 11 is 12.5. The Hall–Kier alpha value is -4.12. The van der Waals surface area contributed by atoms with E-state index in [-0.39, 0.29) is 28.0 Å². The zero-order valence-electron chi connectivity index (χ0n) is 20.1.